The summed E-state index contributed by atoms with van der Waals surface area (Å²) in [6.07, 6.45) is 0.961. The van der Waals surface area contributed by atoms with Crippen molar-refractivity contribution in [3.05, 3.63) is 0 Å². The van der Waals surface area contributed by atoms with Crippen molar-refractivity contribution in [2.45, 2.75) is 12.5 Å². The van der Waals surface area contributed by atoms with E-state index < -0.39 is 0 Å². The summed E-state index contributed by atoms with van der Waals surface area (Å²) in [6, 6.07) is 0.312. The maximum atomic E-state index is 4.87. The summed E-state index contributed by atoms with van der Waals surface area (Å²) >= 11 is 1.74. The first-order valence-electron chi connectivity index (χ1n) is 3.29. The second-order valence-electron chi connectivity index (χ2n) is 2.27. The molecule has 2 aliphatic rings. The van der Waals surface area contributed by atoms with E-state index in [1.54, 1.807) is 11.8 Å². The van der Waals surface area contributed by atoms with Crippen LogP contribution in [0.1, 0.15) is 6.42 Å². The van der Waals surface area contributed by atoms with Crippen LogP contribution in [-0.4, -0.2) is 29.7 Å². The van der Waals surface area contributed by atoms with Crippen molar-refractivity contribution in [3.63, 3.8) is 0 Å². The van der Waals surface area contributed by atoms with Crippen LogP contribution in [0.5, 0.6) is 0 Å². The predicted octanol–water partition coefficient (Wildman–Crippen LogP) is 0.906. The van der Waals surface area contributed by atoms with Crippen molar-refractivity contribution >= 4 is 23.0 Å². The SMILES string of the molecule is C1=NC(C2=NOCC2)CS1. The minimum atomic E-state index is 0.312. The van der Waals surface area contributed by atoms with Crippen molar-refractivity contribution in [2.24, 2.45) is 10.1 Å². The molecule has 4 heteroatoms. The Morgan fingerprint density at radius 2 is 2.70 bits per heavy atom. The lowest BCUT2D eigenvalue weighted by atomic mass is 10.2. The van der Waals surface area contributed by atoms with Crippen molar-refractivity contribution < 1.29 is 4.84 Å². The van der Waals surface area contributed by atoms with Gasteiger partial charge in [-0.3, -0.25) is 4.99 Å². The molecule has 54 valence electrons. The normalized spacial score (nSPS) is 30.4. The van der Waals surface area contributed by atoms with Crippen molar-refractivity contribution in [1.29, 1.82) is 0 Å². The number of thioether (sulfide) groups is 1. The van der Waals surface area contributed by atoms with E-state index in [0.29, 0.717) is 6.04 Å². The summed E-state index contributed by atoms with van der Waals surface area (Å²) in [5.41, 5.74) is 3.01. The van der Waals surface area contributed by atoms with Gasteiger partial charge in [0.2, 0.25) is 0 Å². The van der Waals surface area contributed by atoms with Crippen LogP contribution in [0, 0.1) is 0 Å². The van der Waals surface area contributed by atoms with Crippen LogP contribution < -0.4 is 0 Å². The van der Waals surface area contributed by atoms with Crippen LogP contribution in [0.15, 0.2) is 10.1 Å². The molecule has 10 heavy (non-hydrogen) atoms. The molecule has 0 saturated heterocycles. The largest absolute Gasteiger partial charge is 0.395 e. The van der Waals surface area contributed by atoms with Gasteiger partial charge in [-0.05, 0) is 0 Å². The van der Waals surface area contributed by atoms with Crippen LogP contribution in [0.4, 0.5) is 0 Å². The Balaban J connectivity index is 2.04. The zero-order valence-electron chi connectivity index (χ0n) is 5.49. The second kappa shape index (κ2) is 2.62. The van der Waals surface area contributed by atoms with E-state index in [4.69, 9.17) is 4.84 Å². The molecule has 0 aromatic heterocycles. The zero-order valence-corrected chi connectivity index (χ0v) is 6.30. The summed E-state index contributed by atoms with van der Waals surface area (Å²) in [5.74, 6) is 1.04. The van der Waals surface area contributed by atoms with Crippen LogP contribution in [0.25, 0.3) is 0 Å². The Kier molecular flexibility index (Phi) is 1.63. The van der Waals surface area contributed by atoms with Gasteiger partial charge in [0, 0.05) is 12.2 Å². The summed E-state index contributed by atoms with van der Waals surface area (Å²) < 4.78 is 0. The first-order valence-corrected chi connectivity index (χ1v) is 4.33. The molecule has 0 N–H and O–H groups in total. The smallest absolute Gasteiger partial charge is 0.122 e. The Morgan fingerprint density at radius 3 is 3.30 bits per heavy atom. The van der Waals surface area contributed by atoms with E-state index >= 15 is 0 Å². The molecule has 0 aromatic rings. The summed E-state index contributed by atoms with van der Waals surface area (Å²) in [7, 11) is 0. The Bertz CT molecular complexity index is 190. The van der Waals surface area contributed by atoms with Gasteiger partial charge in [-0.25, -0.2) is 0 Å². The van der Waals surface area contributed by atoms with Gasteiger partial charge in [-0.15, -0.1) is 11.8 Å². The van der Waals surface area contributed by atoms with Crippen molar-refractivity contribution in [1.82, 2.24) is 0 Å². The van der Waals surface area contributed by atoms with E-state index in [1.807, 2.05) is 5.55 Å². The Hall–Kier alpha value is -0.510. The molecule has 0 aromatic carbocycles. The minimum Gasteiger partial charge on any atom is -0.395 e. The summed E-state index contributed by atoms with van der Waals surface area (Å²) in [4.78, 5) is 9.12. The highest BCUT2D eigenvalue weighted by Crippen LogP contribution is 2.16. The maximum Gasteiger partial charge on any atom is 0.122 e. The number of hydrogen-bond donors (Lipinski definition) is 0. The Morgan fingerprint density at radius 1 is 1.70 bits per heavy atom. The van der Waals surface area contributed by atoms with E-state index in [1.165, 1.54) is 0 Å². The fourth-order valence-electron chi connectivity index (χ4n) is 1.03. The molecule has 2 heterocycles. The number of rotatable bonds is 1. The molecule has 2 aliphatic heterocycles. The van der Waals surface area contributed by atoms with Gasteiger partial charge >= 0.3 is 0 Å². The lowest BCUT2D eigenvalue weighted by molar-refractivity contribution is 0.173. The van der Waals surface area contributed by atoms with Gasteiger partial charge < -0.3 is 4.84 Å². The minimum absolute atomic E-state index is 0.312. The summed E-state index contributed by atoms with van der Waals surface area (Å²) in [5, 5.41) is 3.91. The molecule has 0 fully saturated rings. The lowest BCUT2D eigenvalue weighted by Crippen LogP contribution is -2.16. The molecule has 0 saturated carbocycles. The number of oxime groups is 1. The highest BCUT2D eigenvalue weighted by atomic mass is 32.2. The third kappa shape index (κ3) is 1.03. The average Bonchev–Trinajstić information content (AvgIpc) is 2.59. The maximum absolute atomic E-state index is 4.87. The van der Waals surface area contributed by atoms with E-state index in [9.17, 15) is 0 Å². The quantitative estimate of drug-likeness (QED) is 0.565. The van der Waals surface area contributed by atoms with Crippen molar-refractivity contribution in [3.8, 4) is 0 Å². The van der Waals surface area contributed by atoms with Crippen LogP contribution >= 0.6 is 11.8 Å². The monoisotopic (exact) mass is 156 g/mol. The molecular weight excluding hydrogens is 148 g/mol. The summed E-state index contributed by atoms with van der Waals surface area (Å²) in [6.45, 7) is 0.742. The highest BCUT2D eigenvalue weighted by Gasteiger charge is 2.21. The third-order valence-corrected chi connectivity index (χ3v) is 2.36. The van der Waals surface area contributed by atoms with E-state index in [0.717, 1.165) is 24.5 Å². The zero-order chi connectivity index (χ0) is 6.81. The van der Waals surface area contributed by atoms with Gasteiger partial charge in [0.15, 0.2) is 0 Å². The van der Waals surface area contributed by atoms with Crippen LogP contribution in [0.2, 0.25) is 0 Å². The number of nitrogens with zero attached hydrogens (tertiary/aromatic N) is 2. The highest BCUT2D eigenvalue weighted by molar-refractivity contribution is 8.12. The fraction of sp³-hybridized carbons (Fsp3) is 0.667. The average molecular weight is 156 g/mol. The van der Waals surface area contributed by atoms with Gasteiger partial charge in [0.05, 0.1) is 11.3 Å². The molecule has 0 amide bonds. The molecule has 3 nitrogen and oxygen atoms in total. The van der Waals surface area contributed by atoms with Crippen LogP contribution in [-0.2, 0) is 4.84 Å². The molecule has 0 aliphatic carbocycles. The van der Waals surface area contributed by atoms with Crippen LogP contribution in [0.3, 0.4) is 0 Å². The molecule has 2 rings (SSSR count). The molecular formula is C6H8N2OS. The Labute approximate surface area is 63.5 Å². The van der Waals surface area contributed by atoms with E-state index in [-0.39, 0.29) is 0 Å². The topological polar surface area (TPSA) is 34.0 Å². The van der Waals surface area contributed by atoms with Crippen molar-refractivity contribution in [2.75, 3.05) is 12.4 Å². The third-order valence-electron chi connectivity index (χ3n) is 1.59. The molecule has 1 unspecified atom stereocenters. The molecule has 1 atom stereocenters. The van der Waals surface area contributed by atoms with Gasteiger partial charge in [-0.2, -0.15) is 0 Å². The first kappa shape index (κ1) is 6.22. The molecule has 0 radical (unpaired) electrons. The predicted molar refractivity (Wildman–Crippen MR) is 42.7 cm³/mol. The van der Waals surface area contributed by atoms with Gasteiger partial charge in [-0.1, -0.05) is 5.16 Å². The molecule has 0 spiro atoms. The molecule has 0 bridgehead atoms. The number of hydrogen-bond acceptors (Lipinski definition) is 4. The van der Waals surface area contributed by atoms with Gasteiger partial charge in [0.25, 0.3) is 0 Å². The lowest BCUT2D eigenvalue weighted by Gasteiger charge is -2.00. The fourth-order valence-corrected chi connectivity index (χ4v) is 1.81. The second-order valence-corrected chi connectivity index (χ2v) is 3.15. The standard InChI is InChI=1S/C6H8N2OS/c1-2-9-8-5(1)6-3-10-4-7-6/h4,6H,1-3H2. The first-order chi connectivity index (χ1) is 4.97. The number of aliphatic imine (C=N–C) groups is 1. The van der Waals surface area contributed by atoms with Gasteiger partial charge in [0.1, 0.15) is 12.6 Å². The van der Waals surface area contributed by atoms with E-state index in [2.05, 4.69) is 10.1 Å².